The van der Waals surface area contributed by atoms with Crippen LogP contribution in [0.15, 0.2) is 152 Å². The number of fused-ring (bicyclic) bond motifs is 10. The van der Waals surface area contributed by atoms with Gasteiger partial charge < -0.3 is 0 Å². The molecule has 210 valence electrons. The Morgan fingerprint density at radius 2 is 1.16 bits per heavy atom. The van der Waals surface area contributed by atoms with Crippen LogP contribution in [0.5, 0.6) is 0 Å². The molecule has 0 spiro atoms. The third-order valence-electron chi connectivity index (χ3n) is 9.12. The summed E-state index contributed by atoms with van der Waals surface area (Å²) >= 11 is 0.357. The molecule has 4 aromatic heterocycles. The predicted molar refractivity (Wildman–Crippen MR) is 190 cm³/mol. The second-order valence-corrected chi connectivity index (χ2v) is 13.9. The first-order valence-corrected chi connectivity index (χ1v) is 16.9. The third-order valence-corrected chi connectivity index (χ3v) is 11.5. The summed E-state index contributed by atoms with van der Waals surface area (Å²) in [7, 11) is 0. The summed E-state index contributed by atoms with van der Waals surface area (Å²) in [6.45, 7) is 0. The van der Waals surface area contributed by atoms with E-state index in [0.29, 0.717) is 14.5 Å². The molecule has 0 aliphatic carbocycles. The quantitative estimate of drug-likeness (QED) is 0.177. The largest absolute Gasteiger partial charge is 0.0602 e. The predicted octanol–water partition coefficient (Wildman–Crippen LogP) is 10.3. The van der Waals surface area contributed by atoms with Crippen LogP contribution in [0.4, 0.5) is 0 Å². The molecule has 10 aromatic rings. The minimum absolute atomic E-state index is 0.357. The first-order valence-electron chi connectivity index (χ1n) is 15.2. The molecule has 0 N–H and O–H groups in total. The number of hydrogen-bond acceptors (Lipinski definition) is 1. The number of aromatic nitrogens is 3. The summed E-state index contributed by atoms with van der Waals surface area (Å²) in [6.07, 6.45) is 0. The monoisotopic (exact) mass is 639 g/mol. The van der Waals surface area contributed by atoms with Gasteiger partial charge in [0.15, 0.2) is 0 Å². The maximum Gasteiger partial charge on any atom is -0.0380 e. The Balaban J connectivity index is 1.26. The van der Waals surface area contributed by atoms with Crippen LogP contribution in [-0.2, 0) is 0 Å². The molecule has 0 saturated heterocycles. The number of rotatable bonds is 3. The number of hydrogen-bond donors (Lipinski definition) is 0. The van der Waals surface area contributed by atoms with Crippen LogP contribution in [0.3, 0.4) is 0 Å². The van der Waals surface area contributed by atoms with Crippen LogP contribution in [0.2, 0.25) is 0 Å². The van der Waals surface area contributed by atoms with Gasteiger partial charge in [0, 0.05) is 11.1 Å². The Morgan fingerprint density at radius 3 is 2.02 bits per heavy atom. The standard InChI is InChI=1S/C41H25N3Se/c1-2-11-27(12-3-1)43-34-17-7-4-13-28(34)30-22-23-36-40(41(30)43)31-15-5-8-18-35(31)44(36)39-20-10-16-33(42-39)26-21-24-38-32(25-26)29-14-6-9-19-37(29)45-38/h1-25H. The second-order valence-electron chi connectivity index (χ2n) is 11.6. The number of pyridine rings is 1. The fourth-order valence-corrected chi connectivity index (χ4v) is 9.47. The molecule has 0 aliphatic rings. The van der Waals surface area contributed by atoms with Gasteiger partial charge in [-0.15, -0.1) is 0 Å². The van der Waals surface area contributed by atoms with E-state index in [0.717, 1.165) is 33.8 Å². The fraction of sp³-hybridized carbons (Fsp3) is 0. The topological polar surface area (TPSA) is 22.8 Å². The zero-order valence-corrected chi connectivity index (χ0v) is 25.9. The molecule has 0 saturated carbocycles. The third kappa shape index (κ3) is 3.61. The van der Waals surface area contributed by atoms with Crippen LogP contribution < -0.4 is 0 Å². The van der Waals surface area contributed by atoms with Crippen molar-refractivity contribution in [2.24, 2.45) is 0 Å². The van der Waals surface area contributed by atoms with Gasteiger partial charge in [-0.2, -0.15) is 0 Å². The molecule has 0 radical (unpaired) electrons. The van der Waals surface area contributed by atoms with Gasteiger partial charge in [-0.25, -0.2) is 0 Å². The van der Waals surface area contributed by atoms with E-state index < -0.39 is 0 Å². The molecule has 0 aliphatic heterocycles. The van der Waals surface area contributed by atoms with E-state index in [-0.39, 0.29) is 0 Å². The SMILES string of the molecule is c1ccc(-n2c3ccccc3c3ccc4c(c5ccccc5n4-c4cccc(-c5ccc6[se]c7ccccc7c6c5)n4)c32)cc1. The van der Waals surface area contributed by atoms with Crippen molar-refractivity contribution in [1.82, 2.24) is 14.1 Å². The van der Waals surface area contributed by atoms with Gasteiger partial charge in [0.25, 0.3) is 0 Å². The van der Waals surface area contributed by atoms with E-state index in [1.807, 2.05) is 0 Å². The maximum atomic E-state index is 5.33. The molecule has 0 bridgehead atoms. The molecule has 0 atom stereocenters. The minimum Gasteiger partial charge on any atom is -0.0602 e. The van der Waals surface area contributed by atoms with Gasteiger partial charge in [0.2, 0.25) is 0 Å². The summed E-state index contributed by atoms with van der Waals surface area (Å²) in [5, 5.41) is 7.70. The van der Waals surface area contributed by atoms with Crippen molar-refractivity contribution >= 4 is 77.4 Å². The molecule has 3 nitrogen and oxygen atoms in total. The summed E-state index contributed by atoms with van der Waals surface area (Å²) in [4.78, 5) is 5.33. The molecular weight excluding hydrogens is 613 g/mol. The van der Waals surface area contributed by atoms with Crippen LogP contribution in [-0.4, -0.2) is 28.6 Å². The van der Waals surface area contributed by atoms with E-state index in [4.69, 9.17) is 4.98 Å². The molecule has 0 amide bonds. The van der Waals surface area contributed by atoms with Gasteiger partial charge in [-0.3, -0.25) is 0 Å². The molecule has 0 unspecified atom stereocenters. The normalized spacial score (nSPS) is 12.0. The van der Waals surface area contributed by atoms with E-state index >= 15 is 0 Å². The summed E-state index contributed by atoms with van der Waals surface area (Å²) in [5.41, 5.74) is 8.03. The van der Waals surface area contributed by atoms with E-state index in [1.165, 1.54) is 51.9 Å². The summed E-state index contributed by atoms with van der Waals surface area (Å²) in [6, 6.07) is 54.9. The van der Waals surface area contributed by atoms with Gasteiger partial charge in [-0.1, -0.05) is 36.4 Å². The van der Waals surface area contributed by atoms with Crippen molar-refractivity contribution in [3.63, 3.8) is 0 Å². The van der Waals surface area contributed by atoms with Crippen molar-refractivity contribution < 1.29 is 0 Å². The Bertz CT molecular complexity index is 2760. The zero-order chi connectivity index (χ0) is 29.5. The molecule has 10 rings (SSSR count). The van der Waals surface area contributed by atoms with E-state index in [1.54, 1.807) is 0 Å². The summed E-state index contributed by atoms with van der Waals surface area (Å²) < 4.78 is 7.68. The molecule has 6 aromatic carbocycles. The molecule has 4 heterocycles. The molecular formula is C41H25N3Se. The molecule has 4 heteroatoms. The average molecular weight is 639 g/mol. The van der Waals surface area contributed by atoms with Gasteiger partial charge >= 0.3 is 195 Å². The average Bonchev–Trinajstić information content (AvgIpc) is 3.76. The Labute approximate surface area is 265 Å². The van der Waals surface area contributed by atoms with Crippen LogP contribution >= 0.6 is 0 Å². The first-order chi connectivity index (χ1) is 22.3. The smallest absolute Gasteiger partial charge is 0.0380 e. The Hall–Kier alpha value is -5.41. The first kappa shape index (κ1) is 25.0. The Morgan fingerprint density at radius 1 is 0.444 bits per heavy atom. The summed E-state index contributed by atoms with van der Waals surface area (Å²) in [5.74, 6) is 0.922. The number of para-hydroxylation sites is 3. The van der Waals surface area contributed by atoms with Crippen molar-refractivity contribution in [1.29, 1.82) is 0 Å². The van der Waals surface area contributed by atoms with Gasteiger partial charge in [0.05, 0.1) is 5.52 Å². The van der Waals surface area contributed by atoms with Crippen molar-refractivity contribution in [2.75, 3.05) is 0 Å². The molecule has 0 fully saturated rings. The van der Waals surface area contributed by atoms with Crippen molar-refractivity contribution in [2.45, 2.75) is 0 Å². The number of nitrogens with zero attached hydrogens (tertiary/aromatic N) is 3. The molecule has 45 heavy (non-hydrogen) atoms. The Kier molecular flexibility index (Phi) is 5.30. The van der Waals surface area contributed by atoms with E-state index in [9.17, 15) is 0 Å². The van der Waals surface area contributed by atoms with Crippen molar-refractivity contribution in [3.05, 3.63) is 152 Å². The van der Waals surface area contributed by atoms with Crippen LogP contribution in [0, 0.1) is 0 Å². The van der Waals surface area contributed by atoms with Gasteiger partial charge in [0.1, 0.15) is 0 Å². The van der Waals surface area contributed by atoms with E-state index in [2.05, 4.69) is 161 Å². The second kappa shape index (κ2) is 9.54. The van der Waals surface area contributed by atoms with Crippen molar-refractivity contribution in [3.8, 4) is 22.8 Å². The van der Waals surface area contributed by atoms with Crippen LogP contribution in [0.25, 0.3) is 85.7 Å². The zero-order valence-electron chi connectivity index (χ0n) is 24.2. The fourth-order valence-electron chi connectivity index (χ4n) is 7.19. The minimum atomic E-state index is 0.357. The number of benzene rings is 6. The van der Waals surface area contributed by atoms with Gasteiger partial charge in [-0.05, 0) is 18.2 Å². The van der Waals surface area contributed by atoms with Crippen LogP contribution in [0.1, 0.15) is 0 Å². The maximum absolute atomic E-state index is 5.33.